The number of nitrogens with zero attached hydrogens (tertiary/aromatic N) is 2. The van der Waals surface area contributed by atoms with Crippen LogP contribution in [0.2, 0.25) is 0 Å². The second-order valence-corrected chi connectivity index (χ2v) is 4.84. The fourth-order valence-electron chi connectivity index (χ4n) is 1.81. The third-order valence-electron chi connectivity index (χ3n) is 2.99. The molecule has 92 valence electrons. The van der Waals surface area contributed by atoms with Gasteiger partial charge < -0.3 is 16.0 Å². The van der Waals surface area contributed by atoms with E-state index in [1.807, 2.05) is 12.1 Å². The lowest BCUT2D eigenvalue weighted by molar-refractivity contribution is 0.337. The highest BCUT2D eigenvalue weighted by Crippen LogP contribution is 2.24. The van der Waals surface area contributed by atoms with Crippen LogP contribution in [0.4, 0.5) is 5.69 Å². The number of rotatable bonds is 6. The molecule has 0 aliphatic heterocycles. The zero-order chi connectivity index (χ0) is 12.3. The van der Waals surface area contributed by atoms with Crippen molar-refractivity contribution >= 4 is 22.9 Å². The lowest BCUT2D eigenvalue weighted by Crippen LogP contribution is -2.27. The Bertz CT molecular complexity index is 403. The molecule has 1 heterocycles. The first kappa shape index (κ1) is 12.3. The summed E-state index contributed by atoms with van der Waals surface area (Å²) in [7, 11) is 2.16. The molecule has 1 aromatic rings. The maximum atomic E-state index is 5.62. The second-order valence-electron chi connectivity index (χ2n) is 4.40. The van der Waals surface area contributed by atoms with Crippen LogP contribution in [-0.4, -0.2) is 41.1 Å². The third-order valence-corrected chi connectivity index (χ3v) is 3.18. The van der Waals surface area contributed by atoms with Crippen molar-refractivity contribution in [1.29, 1.82) is 0 Å². The molecule has 0 radical (unpaired) electrons. The highest BCUT2D eigenvalue weighted by molar-refractivity contribution is 7.80. The minimum atomic E-state index is 0.337. The topological polar surface area (TPSA) is 54.2 Å². The van der Waals surface area contributed by atoms with Crippen LogP contribution in [0.3, 0.4) is 0 Å². The molecule has 1 aliphatic carbocycles. The summed E-state index contributed by atoms with van der Waals surface area (Å²) in [6.45, 7) is 1.91. The van der Waals surface area contributed by atoms with Crippen LogP contribution < -0.4 is 11.1 Å². The molecular weight excluding hydrogens is 232 g/mol. The van der Waals surface area contributed by atoms with E-state index in [4.69, 9.17) is 18.0 Å². The summed E-state index contributed by atoms with van der Waals surface area (Å²) < 4.78 is 0. The summed E-state index contributed by atoms with van der Waals surface area (Å²) in [6.07, 6.45) is 4.37. The Morgan fingerprint density at radius 3 is 3.06 bits per heavy atom. The Balaban J connectivity index is 1.87. The average Bonchev–Trinajstić information content (AvgIpc) is 3.13. The Hall–Kier alpha value is -1.20. The van der Waals surface area contributed by atoms with Gasteiger partial charge >= 0.3 is 0 Å². The van der Waals surface area contributed by atoms with E-state index in [0.717, 1.165) is 24.8 Å². The van der Waals surface area contributed by atoms with Crippen LogP contribution in [-0.2, 0) is 0 Å². The van der Waals surface area contributed by atoms with E-state index < -0.39 is 0 Å². The summed E-state index contributed by atoms with van der Waals surface area (Å²) in [5.74, 6) is 0. The van der Waals surface area contributed by atoms with E-state index in [9.17, 15) is 0 Å². The van der Waals surface area contributed by atoms with Gasteiger partial charge in [0.1, 0.15) is 10.7 Å². The minimum absolute atomic E-state index is 0.337. The Morgan fingerprint density at radius 1 is 1.65 bits per heavy atom. The molecule has 0 atom stereocenters. The number of hydrogen-bond donors (Lipinski definition) is 2. The van der Waals surface area contributed by atoms with Gasteiger partial charge in [-0.05, 0) is 32.0 Å². The largest absolute Gasteiger partial charge is 0.388 e. The van der Waals surface area contributed by atoms with Crippen molar-refractivity contribution in [2.45, 2.75) is 18.9 Å². The van der Waals surface area contributed by atoms with Crippen molar-refractivity contribution in [3.05, 3.63) is 24.0 Å². The second kappa shape index (κ2) is 5.42. The van der Waals surface area contributed by atoms with Crippen molar-refractivity contribution in [2.75, 3.05) is 25.5 Å². The molecule has 0 saturated heterocycles. The quantitative estimate of drug-likeness (QED) is 0.744. The molecule has 0 bridgehead atoms. The summed E-state index contributed by atoms with van der Waals surface area (Å²) in [5.41, 5.74) is 7.22. The first-order chi connectivity index (χ1) is 8.18. The molecule has 3 N–H and O–H groups in total. The van der Waals surface area contributed by atoms with Crippen molar-refractivity contribution in [1.82, 2.24) is 9.88 Å². The number of nitrogens with two attached hydrogens (primary N) is 1. The lowest BCUT2D eigenvalue weighted by atomic mass is 10.3. The third kappa shape index (κ3) is 3.38. The summed E-state index contributed by atoms with van der Waals surface area (Å²) in [4.78, 5) is 6.90. The van der Waals surface area contributed by atoms with Gasteiger partial charge in [-0.2, -0.15) is 0 Å². The van der Waals surface area contributed by atoms with E-state index >= 15 is 0 Å². The van der Waals surface area contributed by atoms with Crippen LogP contribution in [0, 0.1) is 0 Å². The average molecular weight is 250 g/mol. The molecule has 1 fully saturated rings. The molecule has 1 aromatic heterocycles. The molecule has 0 spiro atoms. The molecule has 5 heteroatoms. The zero-order valence-corrected chi connectivity index (χ0v) is 10.8. The predicted octanol–water partition coefficient (Wildman–Crippen LogP) is 1.22. The number of nitrogens with one attached hydrogen (secondary N) is 1. The maximum absolute atomic E-state index is 5.62. The Morgan fingerprint density at radius 2 is 2.41 bits per heavy atom. The summed E-state index contributed by atoms with van der Waals surface area (Å²) in [6, 6.07) is 4.63. The van der Waals surface area contributed by atoms with Crippen LogP contribution in [0.25, 0.3) is 0 Å². The van der Waals surface area contributed by atoms with Gasteiger partial charge in [0.15, 0.2) is 0 Å². The minimum Gasteiger partial charge on any atom is -0.388 e. The van der Waals surface area contributed by atoms with Gasteiger partial charge in [-0.15, -0.1) is 0 Å². The van der Waals surface area contributed by atoms with Gasteiger partial charge in [-0.25, -0.2) is 0 Å². The van der Waals surface area contributed by atoms with E-state index in [-0.39, 0.29) is 0 Å². The number of aromatic nitrogens is 1. The van der Waals surface area contributed by atoms with Gasteiger partial charge in [-0.3, -0.25) is 4.98 Å². The molecule has 1 aliphatic rings. The molecule has 4 nitrogen and oxygen atoms in total. The van der Waals surface area contributed by atoms with Gasteiger partial charge in [0.05, 0.1) is 5.69 Å². The number of likely N-dealkylation sites (N-methyl/N-ethyl adjacent to an activating group) is 1. The Kier molecular flexibility index (Phi) is 3.91. The van der Waals surface area contributed by atoms with Crippen molar-refractivity contribution in [3.63, 3.8) is 0 Å². The smallest absolute Gasteiger partial charge is 0.124 e. The van der Waals surface area contributed by atoms with Crippen molar-refractivity contribution in [2.24, 2.45) is 5.73 Å². The van der Waals surface area contributed by atoms with E-state index in [2.05, 4.69) is 22.2 Å². The number of thiocarbonyl (C=S) groups is 1. The first-order valence-corrected chi connectivity index (χ1v) is 6.28. The van der Waals surface area contributed by atoms with Gasteiger partial charge in [0.25, 0.3) is 0 Å². The van der Waals surface area contributed by atoms with E-state index in [0.29, 0.717) is 10.7 Å². The lowest BCUT2D eigenvalue weighted by Gasteiger charge is -2.17. The highest BCUT2D eigenvalue weighted by Gasteiger charge is 2.25. The van der Waals surface area contributed by atoms with E-state index in [1.165, 1.54) is 12.8 Å². The summed E-state index contributed by atoms with van der Waals surface area (Å²) >= 11 is 4.97. The summed E-state index contributed by atoms with van der Waals surface area (Å²) in [5, 5.41) is 3.34. The highest BCUT2D eigenvalue weighted by atomic mass is 32.1. The van der Waals surface area contributed by atoms with Crippen LogP contribution in [0.1, 0.15) is 18.5 Å². The molecule has 0 amide bonds. The normalized spacial score (nSPS) is 14.9. The standard InChI is InChI=1S/C12H18N4S/c1-16(9-4-5-9)8-7-14-10-3-2-6-15-11(10)12(13)17/h2-3,6,9,14H,4-5,7-8H2,1H3,(H2,13,17). The van der Waals surface area contributed by atoms with Gasteiger partial charge in [-0.1, -0.05) is 12.2 Å². The molecule has 17 heavy (non-hydrogen) atoms. The number of hydrogen-bond acceptors (Lipinski definition) is 4. The van der Waals surface area contributed by atoms with Crippen molar-refractivity contribution < 1.29 is 0 Å². The van der Waals surface area contributed by atoms with Crippen LogP contribution in [0.5, 0.6) is 0 Å². The fourth-order valence-corrected chi connectivity index (χ4v) is 1.97. The van der Waals surface area contributed by atoms with Crippen molar-refractivity contribution in [3.8, 4) is 0 Å². The molecule has 2 rings (SSSR count). The SMILES string of the molecule is CN(CCNc1cccnc1C(N)=S)C1CC1. The zero-order valence-electron chi connectivity index (χ0n) is 10.0. The number of anilines is 1. The Labute approximate surface area is 107 Å². The van der Waals surface area contributed by atoms with Crippen LogP contribution >= 0.6 is 12.2 Å². The molecular formula is C12H18N4S. The van der Waals surface area contributed by atoms with Gasteiger partial charge in [0.2, 0.25) is 0 Å². The van der Waals surface area contributed by atoms with E-state index in [1.54, 1.807) is 6.20 Å². The molecule has 0 aromatic carbocycles. The van der Waals surface area contributed by atoms with Gasteiger partial charge in [0, 0.05) is 25.3 Å². The monoisotopic (exact) mass is 250 g/mol. The maximum Gasteiger partial charge on any atom is 0.124 e. The molecule has 0 unspecified atom stereocenters. The fraction of sp³-hybridized carbons (Fsp3) is 0.500. The van der Waals surface area contributed by atoms with Crippen LogP contribution in [0.15, 0.2) is 18.3 Å². The first-order valence-electron chi connectivity index (χ1n) is 5.87. The predicted molar refractivity (Wildman–Crippen MR) is 74.3 cm³/mol. The molecule has 1 saturated carbocycles. The number of pyridine rings is 1.